The van der Waals surface area contributed by atoms with Gasteiger partial charge in [0, 0.05) is 6.20 Å². The Morgan fingerprint density at radius 1 is 1.64 bits per heavy atom. The lowest BCUT2D eigenvalue weighted by Crippen LogP contribution is -2.41. The Hall–Kier alpha value is -0.500. The van der Waals surface area contributed by atoms with Crippen LogP contribution in [-0.4, -0.2) is 17.7 Å². The minimum Gasteiger partial charge on any atom is -0.271 e. The topological polar surface area (TPSA) is 12.5 Å². The van der Waals surface area contributed by atoms with Gasteiger partial charge in [-0.3, -0.25) is 9.90 Å². The summed E-state index contributed by atoms with van der Waals surface area (Å²) in [5, 5.41) is 1.83. The van der Waals surface area contributed by atoms with E-state index in [1.54, 1.807) is 6.20 Å². The van der Waals surface area contributed by atoms with Crippen LogP contribution in [0, 0.1) is 5.41 Å². The fraction of sp³-hybridized carbons (Fsp3) is 0.778. The molecule has 0 aliphatic carbocycles. The number of nitrogens with zero attached hydrogens (tertiary/aromatic N) is 1. The molecular weight excluding hydrogens is 138 g/mol. The van der Waals surface area contributed by atoms with E-state index in [9.17, 15) is 0 Å². The predicted molar refractivity (Wildman–Crippen MR) is 45.8 cm³/mol. The van der Waals surface area contributed by atoms with Gasteiger partial charge in [-0.15, -0.1) is 0 Å². The molecular formula is C9H17NO. The first kappa shape index (κ1) is 8.60. The van der Waals surface area contributed by atoms with E-state index in [0.29, 0.717) is 11.5 Å². The highest BCUT2D eigenvalue weighted by Gasteiger charge is 2.29. The molecule has 64 valence electrons. The molecule has 1 heterocycles. The van der Waals surface area contributed by atoms with E-state index in [-0.39, 0.29) is 0 Å². The van der Waals surface area contributed by atoms with Crippen LogP contribution in [0.2, 0.25) is 0 Å². The third-order valence-corrected chi connectivity index (χ3v) is 1.94. The predicted octanol–water partition coefficient (Wildman–Crippen LogP) is 2.18. The van der Waals surface area contributed by atoms with Gasteiger partial charge in [0.15, 0.2) is 0 Å². The van der Waals surface area contributed by atoms with Gasteiger partial charge in [-0.05, 0) is 18.8 Å². The molecule has 1 aliphatic rings. The van der Waals surface area contributed by atoms with Crippen LogP contribution in [0.15, 0.2) is 12.8 Å². The third-order valence-electron chi connectivity index (χ3n) is 1.94. The van der Waals surface area contributed by atoms with E-state index >= 15 is 0 Å². The van der Waals surface area contributed by atoms with Gasteiger partial charge in [-0.1, -0.05) is 20.4 Å². The smallest absolute Gasteiger partial charge is 0.0834 e. The molecule has 11 heavy (non-hydrogen) atoms. The second-order valence-corrected chi connectivity index (χ2v) is 4.04. The largest absolute Gasteiger partial charge is 0.271 e. The Morgan fingerprint density at radius 3 is 2.73 bits per heavy atom. The molecule has 0 aromatic carbocycles. The van der Waals surface area contributed by atoms with Gasteiger partial charge in [0.2, 0.25) is 0 Å². The summed E-state index contributed by atoms with van der Waals surface area (Å²) >= 11 is 0. The zero-order valence-electron chi connectivity index (χ0n) is 7.63. The highest BCUT2D eigenvalue weighted by Crippen LogP contribution is 2.30. The maximum atomic E-state index is 5.49. The van der Waals surface area contributed by atoms with Crippen LogP contribution < -0.4 is 0 Å². The molecule has 2 nitrogen and oxygen atoms in total. The summed E-state index contributed by atoms with van der Waals surface area (Å²) in [4.78, 5) is 5.49. The van der Waals surface area contributed by atoms with Crippen molar-refractivity contribution in [3.05, 3.63) is 12.8 Å². The van der Waals surface area contributed by atoms with E-state index in [4.69, 9.17) is 4.84 Å². The van der Waals surface area contributed by atoms with E-state index < -0.39 is 0 Å². The Labute approximate surface area is 68.8 Å². The molecule has 0 spiro atoms. The first-order valence-corrected chi connectivity index (χ1v) is 4.09. The zero-order chi connectivity index (χ0) is 8.48. The Morgan fingerprint density at radius 2 is 2.27 bits per heavy atom. The van der Waals surface area contributed by atoms with E-state index in [1.807, 2.05) is 5.06 Å². The fourth-order valence-electron chi connectivity index (χ4n) is 1.68. The van der Waals surface area contributed by atoms with Crippen molar-refractivity contribution in [2.45, 2.75) is 33.3 Å². The molecule has 2 heteroatoms. The summed E-state index contributed by atoms with van der Waals surface area (Å²) < 4.78 is 0. The number of hydrogen-bond donors (Lipinski definition) is 0. The molecule has 1 rings (SSSR count). The average Bonchev–Trinajstić information content (AvgIpc) is 1.83. The molecule has 0 bridgehead atoms. The summed E-state index contributed by atoms with van der Waals surface area (Å²) in [5.74, 6) is 0. The van der Waals surface area contributed by atoms with Gasteiger partial charge >= 0.3 is 0 Å². The fourth-order valence-corrected chi connectivity index (χ4v) is 1.68. The van der Waals surface area contributed by atoms with Gasteiger partial charge in [-0.25, -0.2) is 0 Å². The SMILES string of the molecule is C=CN1CC(C)(C)CC(C)O1. The number of hydroxylamine groups is 2. The van der Waals surface area contributed by atoms with Gasteiger partial charge < -0.3 is 0 Å². The standard InChI is InChI=1S/C9H17NO/c1-5-10-7-9(3,4)6-8(2)11-10/h5,8H,1,6-7H2,2-4H3. The number of rotatable bonds is 1. The molecule has 1 atom stereocenters. The minimum absolute atomic E-state index is 0.316. The lowest BCUT2D eigenvalue weighted by molar-refractivity contribution is -0.213. The van der Waals surface area contributed by atoms with Crippen molar-refractivity contribution in [1.29, 1.82) is 0 Å². The summed E-state index contributed by atoms with van der Waals surface area (Å²) in [6.45, 7) is 11.2. The summed E-state index contributed by atoms with van der Waals surface area (Å²) in [7, 11) is 0. The van der Waals surface area contributed by atoms with Crippen molar-refractivity contribution in [3.8, 4) is 0 Å². The zero-order valence-corrected chi connectivity index (χ0v) is 7.63. The van der Waals surface area contributed by atoms with Gasteiger partial charge in [0.05, 0.1) is 12.6 Å². The van der Waals surface area contributed by atoms with Crippen LogP contribution in [0.5, 0.6) is 0 Å². The van der Waals surface area contributed by atoms with Crippen molar-refractivity contribution in [2.75, 3.05) is 6.54 Å². The van der Waals surface area contributed by atoms with Crippen LogP contribution in [0.4, 0.5) is 0 Å². The van der Waals surface area contributed by atoms with Crippen LogP contribution in [0.3, 0.4) is 0 Å². The quantitative estimate of drug-likeness (QED) is 0.575. The molecule has 0 saturated carbocycles. The van der Waals surface area contributed by atoms with E-state index in [0.717, 1.165) is 13.0 Å². The summed E-state index contributed by atoms with van der Waals surface area (Å²) in [5.41, 5.74) is 0.353. The van der Waals surface area contributed by atoms with Crippen molar-refractivity contribution >= 4 is 0 Å². The normalized spacial score (nSPS) is 30.1. The molecule has 1 aliphatic heterocycles. The Kier molecular flexibility index (Phi) is 2.23. The molecule has 0 aromatic heterocycles. The third kappa shape index (κ3) is 2.22. The second kappa shape index (κ2) is 2.86. The minimum atomic E-state index is 0.316. The van der Waals surface area contributed by atoms with Crippen LogP contribution in [0.1, 0.15) is 27.2 Å². The van der Waals surface area contributed by atoms with Crippen molar-refractivity contribution in [2.24, 2.45) is 5.41 Å². The van der Waals surface area contributed by atoms with Crippen molar-refractivity contribution in [1.82, 2.24) is 5.06 Å². The van der Waals surface area contributed by atoms with Crippen LogP contribution in [0.25, 0.3) is 0 Å². The molecule has 0 N–H and O–H groups in total. The van der Waals surface area contributed by atoms with Crippen LogP contribution >= 0.6 is 0 Å². The first-order chi connectivity index (χ1) is 5.03. The van der Waals surface area contributed by atoms with Gasteiger partial charge in [-0.2, -0.15) is 0 Å². The van der Waals surface area contributed by atoms with Gasteiger partial charge in [0.1, 0.15) is 0 Å². The summed E-state index contributed by atoms with van der Waals surface area (Å²) in [6.07, 6.45) is 3.19. The lowest BCUT2D eigenvalue weighted by atomic mass is 9.86. The average molecular weight is 155 g/mol. The van der Waals surface area contributed by atoms with E-state index in [1.165, 1.54) is 0 Å². The lowest BCUT2D eigenvalue weighted by Gasteiger charge is -2.39. The van der Waals surface area contributed by atoms with E-state index in [2.05, 4.69) is 27.4 Å². The Bertz CT molecular complexity index is 154. The highest BCUT2D eigenvalue weighted by molar-refractivity contribution is 4.81. The molecule has 0 amide bonds. The molecule has 1 fully saturated rings. The van der Waals surface area contributed by atoms with Crippen LogP contribution in [-0.2, 0) is 4.84 Å². The maximum absolute atomic E-state index is 5.49. The van der Waals surface area contributed by atoms with Crippen molar-refractivity contribution < 1.29 is 4.84 Å². The molecule has 0 radical (unpaired) electrons. The van der Waals surface area contributed by atoms with Crippen molar-refractivity contribution in [3.63, 3.8) is 0 Å². The summed E-state index contributed by atoms with van der Waals surface area (Å²) in [6, 6.07) is 0. The molecule has 1 saturated heterocycles. The molecule has 0 aromatic rings. The highest BCUT2D eigenvalue weighted by atomic mass is 16.7. The first-order valence-electron chi connectivity index (χ1n) is 4.09. The Balaban J connectivity index is 2.57. The molecule has 1 unspecified atom stereocenters. The number of hydrogen-bond acceptors (Lipinski definition) is 2. The monoisotopic (exact) mass is 155 g/mol. The second-order valence-electron chi connectivity index (χ2n) is 4.04. The van der Waals surface area contributed by atoms with Gasteiger partial charge in [0.25, 0.3) is 0 Å². The maximum Gasteiger partial charge on any atom is 0.0834 e.